The van der Waals surface area contributed by atoms with Gasteiger partial charge in [0.2, 0.25) is 0 Å². The van der Waals surface area contributed by atoms with Crippen molar-refractivity contribution in [1.29, 1.82) is 0 Å². The quantitative estimate of drug-likeness (QED) is 0.560. The highest BCUT2D eigenvalue weighted by Crippen LogP contribution is 2.38. The molecule has 0 radical (unpaired) electrons. The van der Waals surface area contributed by atoms with Crippen LogP contribution in [0.3, 0.4) is 0 Å². The highest BCUT2D eigenvalue weighted by Gasteiger charge is 2.26. The van der Waals surface area contributed by atoms with Crippen molar-refractivity contribution in [1.82, 2.24) is 4.57 Å². The summed E-state index contributed by atoms with van der Waals surface area (Å²) in [4.78, 5) is 23.7. The molecule has 1 aliphatic carbocycles. The fourth-order valence-electron chi connectivity index (χ4n) is 2.94. The van der Waals surface area contributed by atoms with E-state index in [1.165, 1.54) is 24.6 Å². The van der Waals surface area contributed by atoms with Crippen molar-refractivity contribution in [2.24, 2.45) is 0 Å². The van der Waals surface area contributed by atoms with Gasteiger partial charge in [-0.15, -0.1) is 0 Å². The normalized spacial score (nSPS) is 13.8. The number of hydrogen-bond donors (Lipinski definition) is 1. The van der Waals surface area contributed by atoms with Crippen LogP contribution in [0.15, 0.2) is 40.9 Å². The molecule has 1 fully saturated rings. The van der Waals surface area contributed by atoms with Crippen LogP contribution >= 0.6 is 15.9 Å². The van der Waals surface area contributed by atoms with Crippen molar-refractivity contribution >= 4 is 39.6 Å². The van der Waals surface area contributed by atoms with E-state index in [1.807, 2.05) is 12.1 Å². The zero-order chi connectivity index (χ0) is 18.7. The number of nitrogens with one attached hydrogen (secondary N) is 1. The monoisotopic (exact) mass is 416 g/mol. The van der Waals surface area contributed by atoms with Crippen molar-refractivity contribution in [3.63, 3.8) is 0 Å². The lowest BCUT2D eigenvalue weighted by Crippen LogP contribution is -2.20. The number of esters is 1. The Morgan fingerprint density at radius 1 is 1.27 bits per heavy atom. The van der Waals surface area contributed by atoms with Gasteiger partial charge in [0.15, 0.2) is 6.61 Å². The van der Waals surface area contributed by atoms with Gasteiger partial charge in [-0.25, -0.2) is 4.79 Å². The number of carbonyl (C=O) groups excluding carboxylic acids is 2. The summed E-state index contributed by atoms with van der Waals surface area (Å²) < 4.78 is 8.24. The molecule has 0 spiro atoms. The average Bonchev–Trinajstić information content (AvgIpc) is 3.39. The summed E-state index contributed by atoms with van der Waals surface area (Å²) >= 11 is 3.33. The molecule has 1 aromatic carbocycles. The van der Waals surface area contributed by atoms with Crippen molar-refractivity contribution in [3.8, 4) is 0 Å². The Kier molecular flexibility index (Phi) is 5.61. The van der Waals surface area contributed by atoms with Gasteiger partial charge in [0, 0.05) is 33.7 Å². The Morgan fingerprint density at radius 2 is 1.96 bits per heavy atom. The van der Waals surface area contributed by atoms with Crippen LogP contribution < -0.4 is 5.32 Å². The minimum atomic E-state index is -0.535. The van der Waals surface area contributed by atoms with Gasteiger partial charge in [0.25, 0.3) is 5.91 Å². The molecule has 1 amide bonds. The molecule has 0 saturated heterocycles. The Balaban J connectivity index is 1.51. The number of benzene rings is 1. The molecule has 0 bridgehead atoms. The fourth-order valence-corrected chi connectivity index (χ4v) is 3.20. The molecule has 1 heterocycles. The van der Waals surface area contributed by atoms with Crippen LogP contribution in [0.5, 0.6) is 0 Å². The number of hydrogen-bond acceptors (Lipinski definition) is 3. The van der Waals surface area contributed by atoms with Gasteiger partial charge >= 0.3 is 5.97 Å². The molecule has 2 aromatic rings. The predicted molar refractivity (Wildman–Crippen MR) is 105 cm³/mol. The van der Waals surface area contributed by atoms with Crippen LogP contribution in [-0.2, 0) is 14.3 Å². The van der Waals surface area contributed by atoms with E-state index in [0.29, 0.717) is 11.7 Å². The SMILES string of the molecule is Cc1cc(/C=C/C(=O)OCC(=O)Nc2ccc(Br)cc2)c(C)n1C1CC1. The molecule has 0 unspecified atom stereocenters. The van der Waals surface area contributed by atoms with E-state index in [4.69, 9.17) is 4.74 Å². The lowest BCUT2D eigenvalue weighted by Gasteiger charge is -2.06. The minimum absolute atomic E-state index is 0.319. The minimum Gasteiger partial charge on any atom is -0.452 e. The summed E-state index contributed by atoms with van der Waals surface area (Å²) in [5, 5.41) is 2.67. The molecule has 0 aliphatic heterocycles. The topological polar surface area (TPSA) is 60.3 Å². The third kappa shape index (κ3) is 4.64. The van der Waals surface area contributed by atoms with E-state index in [9.17, 15) is 9.59 Å². The van der Waals surface area contributed by atoms with Gasteiger partial charge < -0.3 is 14.6 Å². The molecule has 26 heavy (non-hydrogen) atoms. The Labute approximate surface area is 161 Å². The van der Waals surface area contributed by atoms with Crippen LogP contribution in [0.4, 0.5) is 5.69 Å². The molecule has 1 aromatic heterocycles. The van der Waals surface area contributed by atoms with E-state index in [0.717, 1.165) is 15.7 Å². The van der Waals surface area contributed by atoms with Crippen LogP contribution in [0.25, 0.3) is 6.08 Å². The maximum absolute atomic E-state index is 11.9. The fraction of sp³-hybridized carbons (Fsp3) is 0.300. The number of ether oxygens (including phenoxy) is 1. The molecular weight excluding hydrogens is 396 g/mol. The third-order valence-corrected chi connectivity index (χ3v) is 4.84. The predicted octanol–water partition coefficient (Wildman–Crippen LogP) is 4.40. The first-order chi connectivity index (χ1) is 12.4. The maximum atomic E-state index is 11.9. The number of amides is 1. The zero-order valence-electron chi connectivity index (χ0n) is 14.8. The summed E-state index contributed by atoms with van der Waals surface area (Å²) in [6.45, 7) is 3.82. The summed E-state index contributed by atoms with van der Waals surface area (Å²) in [5.41, 5.74) is 4.01. The van der Waals surface area contributed by atoms with Crippen molar-refractivity contribution < 1.29 is 14.3 Å². The summed E-state index contributed by atoms with van der Waals surface area (Å²) in [5.74, 6) is -0.909. The largest absolute Gasteiger partial charge is 0.452 e. The van der Waals surface area contributed by atoms with E-state index < -0.39 is 5.97 Å². The first-order valence-corrected chi connectivity index (χ1v) is 9.32. The van der Waals surface area contributed by atoms with Crippen LogP contribution in [0.1, 0.15) is 35.8 Å². The molecule has 3 rings (SSSR count). The zero-order valence-corrected chi connectivity index (χ0v) is 16.4. The molecule has 5 nitrogen and oxygen atoms in total. The number of anilines is 1. The number of rotatable bonds is 6. The number of nitrogens with zero attached hydrogens (tertiary/aromatic N) is 1. The van der Waals surface area contributed by atoms with Gasteiger partial charge in [-0.2, -0.15) is 0 Å². The third-order valence-electron chi connectivity index (χ3n) is 4.31. The van der Waals surface area contributed by atoms with Gasteiger partial charge in [-0.05, 0) is 68.7 Å². The van der Waals surface area contributed by atoms with Crippen LogP contribution in [-0.4, -0.2) is 23.1 Å². The van der Waals surface area contributed by atoms with E-state index in [-0.39, 0.29) is 12.5 Å². The Hall–Kier alpha value is -2.34. The van der Waals surface area contributed by atoms with E-state index in [1.54, 1.807) is 18.2 Å². The average molecular weight is 417 g/mol. The van der Waals surface area contributed by atoms with E-state index in [2.05, 4.69) is 45.7 Å². The van der Waals surface area contributed by atoms with Crippen molar-refractivity contribution in [2.45, 2.75) is 32.7 Å². The van der Waals surface area contributed by atoms with Crippen LogP contribution in [0.2, 0.25) is 0 Å². The number of halogens is 1. The van der Waals surface area contributed by atoms with Crippen molar-refractivity contribution in [2.75, 3.05) is 11.9 Å². The summed E-state index contributed by atoms with van der Waals surface area (Å²) in [6.07, 6.45) is 5.55. The highest BCUT2D eigenvalue weighted by molar-refractivity contribution is 9.10. The highest BCUT2D eigenvalue weighted by atomic mass is 79.9. The smallest absolute Gasteiger partial charge is 0.331 e. The van der Waals surface area contributed by atoms with Crippen LogP contribution in [0, 0.1) is 13.8 Å². The second kappa shape index (κ2) is 7.91. The number of aryl methyl sites for hydroxylation is 1. The molecule has 1 saturated carbocycles. The number of carbonyl (C=O) groups is 2. The first kappa shape index (κ1) is 18.5. The molecule has 136 valence electrons. The first-order valence-electron chi connectivity index (χ1n) is 8.52. The summed E-state index contributed by atoms with van der Waals surface area (Å²) in [7, 11) is 0. The second-order valence-corrected chi connectivity index (χ2v) is 7.34. The molecule has 0 atom stereocenters. The lowest BCUT2D eigenvalue weighted by atomic mass is 10.2. The van der Waals surface area contributed by atoms with Gasteiger partial charge in [-0.1, -0.05) is 15.9 Å². The lowest BCUT2D eigenvalue weighted by molar-refractivity contribution is -0.142. The van der Waals surface area contributed by atoms with Gasteiger partial charge in [0.05, 0.1) is 0 Å². The summed E-state index contributed by atoms with van der Waals surface area (Å²) in [6, 6.07) is 9.84. The molecule has 1 N–H and O–H groups in total. The number of aromatic nitrogens is 1. The van der Waals surface area contributed by atoms with Crippen molar-refractivity contribution in [3.05, 3.63) is 57.8 Å². The molecule has 6 heteroatoms. The Morgan fingerprint density at radius 3 is 2.62 bits per heavy atom. The second-order valence-electron chi connectivity index (χ2n) is 6.42. The maximum Gasteiger partial charge on any atom is 0.331 e. The molecular formula is C20H21BrN2O3. The standard InChI is InChI=1S/C20H21BrN2O3/c1-13-11-15(14(2)23(13)18-8-9-18)3-10-20(25)26-12-19(24)22-17-6-4-16(21)5-7-17/h3-7,10-11,18H,8-9,12H2,1-2H3,(H,22,24)/b10-3+. The van der Waals surface area contributed by atoms with E-state index >= 15 is 0 Å². The van der Waals surface area contributed by atoms with Gasteiger partial charge in [-0.3, -0.25) is 4.79 Å². The molecule has 1 aliphatic rings. The van der Waals surface area contributed by atoms with Gasteiger partial charge in [0.1, 0.15) is 0 Å². The Bertz CT molecular complexity index is 849.